The van der Waals surface area contributed by atoms with Crippen molar-refractivity contribution in [3.63, 3.8) is 0 Å². The fraction of sp³-hybridized carbons (Fsp3) is 0.500. The molecule has 0 aromatic heterocycles. The minimum atomic E-state index is -0.0315. The Hall–Kier alpha value is -1.06. The summed E-state index contributed by atoms with van der Waals surface area (Å²) in [5, 5.41) is 2.80. The predicted octanol–water partition coefficient (Wildman–Crippen LogP) is 2.89. The van der Waals surface area contributed by atoms with Gasteiger partial charge in [-0.3, -0.25) is 4.79 Å². The maximum absolute atomic E-state index is 11.3. The zero-order valence-corrected chi connectivity index (χ0v) is 11.0. The average molecular weight is 266 g/mol. The normalized spacial score (nSPS) is 28.0. The van der Waals surface area contributed by atoms with Crippen LogP contribution in [-0.2, 0) is 16.0 Å². The smallest absolute Gasteiger partial charge is 0.228 e. The molecule has 1 aromatic carbocycles. The van der Waals surface area contributed by atoms with E-state index in [-0.39, 0.29) is 11.3 Å². The van der Waals surface area contributed by atoms with Crippen molar-refractivity contribution in [2.24, 2.45) is 5.92 Å². The van der Waals surface area contributed by atoms with Crippen molar-refractivity contribution in [2.75, 3.05) is 11.9 Å². The van der Waals surface area contributed by atoms with Gasteiger partial charge in [0.1, 0.15) is 0 Å². The Morgan fingerprint density at radius 2 is 2.33 bits per heavy atom. The second kappa shape index (κ2) is 4.56. The Morgan fingerprint density at radius 1 is 1.50 bits per heavy atom. The van der Waals surface area contributed by atoms with Gasteiger partial charge in [-0.1, -0.05) is 12.1 Å². The molecule has 4 heteroatoms. The summed E-state index contributed by atoms with van der Waals surface area (Å²) in [6.07, 6.45) is 1.76. The lowest BCUT2D eigenvalue weighted by Crippen LogP contribution is -2.08. The Balaban J connectivity index is 1.81. The largest absolute Gasteiger partial charge is 0.378 e. The summed E-state index contributed by atoms with van der Waals surface area (Å²) in [5.41, 5.74) is 3.06. The number of nitrogens with one attached hydrogen (secondary N) is 1. The number of benzene rings is 1. The summed E-state index contributed by atoms with van der Waals surface area (Å²) >= 11 is 6.53. The van der Waals surface area contributed by atoms with Gasteiger partial charge in [0.2, 0.25) is 5.91 Å². The summed E-state index contributed by atoms with van der Waals surface area (Å²) in [7, 11) is 0. The summed E-state index contributed by atoms with van der Waals surface area (Å²) in [4.78, 5) is 11.3. The van der Waals surface area contributed by atoms with Crippen molar-refractivity contribution in [3.05, 3.63) is 29.3 Å². The summed E-state index contributed by atoms with van der Waals surface area (Å²) in [5.74, 6) is 0.427. The lowest BCUT2D eigenvalue weighted by molar-refractivity contribution is -0.115. The minimum absolute atomic E-state index is 0.0315. The maximum Gasteiger partial charge on any atom is 0.228 e. The second-order valence-electron chi connectivity index (χ2n) is 5.18. The summed E-state index contributed by atoms with van der Waals surface area (Å²) < 4.78 is 5.57. The average Bonchev–Trinajstić information content (AvgIpc) is 2.92. The number of hydrogen-bond acceptors (Lipinski definition) is 2. The highest BCUT2D eigenvalue weighted by atomic mass is 35.5. The van der Waals surface area contributed by atoms with Crippen molar-refractivity contribution < 1.29 is 9.53 Å². The maximum atomic E-state index is 11.3. The molecule has 1 fully saturated rings. The van der Waals surface area contributed by atoms with E-state index in [0.717, 1.165) is 29.8 Å². The molecule has 0 bridgehead atoms. The van der Waals surface area contributed by atoms with Gasteiger partial charge in [0.05, 0.1) is 24.5 Å². The molecule has 1 N–H and O–H groups in total. The molecule has 3 rings (SSSR count). The fourth-order valence-corrected chi connectivity index (χ4v) is 3.06. The number of ether oxygens (including phenoxy) is 1. The highest BCUT2D eigenvalue weighted by molar-refractivity contribution is 6.21. The highest BCUT2D eigenvalue weighted by Gasteiger charge is 2.30. The lowest BCUT2D eigenvalue weighted by atomic mass is 9.95. The molecule has 1 amide bonds. The van der Waals surface area contributed by atoms with Crippen LogP contribution in [0.2, 0.25) is 0 Å². The minimum Gasteiger partial charge on any atom is -0.378 e. The monoisotopic (exact) mass is 265 g/mol. The molecule has 3 nitrogen and oxygen atoms in total. The molecule has 0 spiro atoms. The van der Waals surface area contributed by atoms with E-state index in [9.17, 15) is 4.79 Å². The van der Waals surface area contributed by atoms with E-state index in [4.69, 9.17) is 16.3 Å². The molecule has 1 saturated heterocycles. The van der Waals surface area contributed by atoms with Gasteiger partial charge < -0.3 is 10.1 Å². The zero-order valence-electron chi connectivity index (χ0n) is 10.3. The topological polar surface area (TPSA) is 38.3 Å². The van der Waals surface area contributed by atoms with Crippen molar-refractivity contribution in [1.82, 2.24) is 0 Å². The molecule has 96 valence electrons. The van der Waals surface area contributed by atoms with Crippen molar-refractivity contribution >= 4 is 23.2 Å². The predicted molar refractivity (Wildman–Crippen MR) is 70.9 cm³/mol. The van der Waals surface area contributed by atoms with E-state index in [2.05, 4.69) is 12.2 Å². The third kappa shape index (κ3) is 2.13. The molecule has 0 saturated carbocycles. The van der Waals surface area contributed by atoms with Crippen LogP contribution >= 0.6 is 11.6 Å². The van der Waals surface area contributed by atoms with Crippen LogP contribution in [0.4, 0.5) is 5.69 Å². The highest BCUT2D eigenvalue weighted by Crippen LogP contribution is 2.38. The van der Waals surface area contributed by atoms with Crippen LogP contribution in [-0.4, -0.2) is 18.6 Å². The van der Waals surface area contributed by atoms with Gasteiger partial charge in [-0.2, -0.15) is 0 Å². The number of carbonyl (C=O) groups is 1. The SMILES string of the molecule is CC1CC(C(Cl)c2ccc3c(c2)CC(=O)N3)CO1. The van der Waals surface area contributed by atoms with Crippen molar-refractivity contribution in [1.29, 1.82) is 0 Å². The molecular weight excluding hydrogens is 250 g/mol. The molecule has 3 atom stereocenters. The van der Waals surface area contributed by atoms with Gasteiger partial charge in [0.15, 0.2) is 0 Å². The van der Waals surface area contributed by atoms with Crippen LogP contribution in [0.25, 0.3) is 0 Å². The molecular formula is C14H16ClNO2. The number of alkyl halides is 1. The Labute approximate surface area is 111 Å². The summed E-state index contributed by atoms with van der Waals surface area (Å²) in [6.45, 7) is 2.80. The van der Waals surface area contributed by atoms with E-state index in [1.165, 1.54) is 0 Å². The van der Waals surface area contributed by atoms with E-state index >= 15 is 0 Å². The van der Waals surface area contributed by atoms with Gasteiger partial charge in [-0.05, 0) is 30.5 Å². The van der Waals surface area contributed by atoms with E-state index < -0.39 is 0 Å². The van der Waals surface area contributed by atoms with E-state index in [1.54, 1.807) is 0 Å². The number of rotatable bonds is 2. The van der Waals surface area contributed by atoms with Crippen LogP contribution in [0, 0.1) is 5.92 Å². The van der Waals surface area contributed by atoms with Crippen molar-refractivity contribution in [3.8, 4) is 0 Å². The first-order chi connectivity index (χ1) is 8.63. The van der Waals surface area contributed by atoms with E-state index in [0.29, 0.717) is 18.4 Å². The Bertz CT molecular complexity index is 489. The zero-order chi connectivity index (χ0) is 12.7. The van der Waals surface area contributed by atoms with Crippen molar-refractivity contribution in [2.45, 2.75) is 31.2 Å². The third-order valence-electron chi connectivity index (χ3n) is 3.72. The van der Waals surface area contributed by atoms with Gasteiger partial charge in [-0.25, -0.2) is 0 Å². The van der Waals surface area contributed by atoms with Crippen LogP contribution < -0.4 is 5.32 Å². The standard InChI is InChI=1S/C14H16ClNO2/c1-8-4-11(7-18-8)14(15)9-2-3-12-10(5-9)6-13(17)16-12/h2-3,5,8,11,14H,4,6-7H2,1H3,(H,16,17). The van der Waals surface area contributed by atoms with Crippen LogP contribution in [0.1, 0.15) is 29.8 Å². The molecule has 2 aliphatic heterocycles. The first-order valence-corrected chi connectivity index (χ1v) is 6.75. The van der Waals surface area contributed by atoms with Gasteiger partial charge in [0.25, 0.3) is 0 Å². The van der Waals surface area contributed by atoms with Crippen LogP contribution in [0.5, 0.6) is 0 Å². The summed E-state index contributed by atoms with van der Waals surface area (Å²) in [6, 6.07) is 6.00. The number of hydrogen-bond donors (Lipinski definition) is 1. The van der Waals surface area contributed by atoms with Crippen LogP contribution in [0.15, 0.2) is 18.2 Å². The number of anilines is 1. The molecule has 0 radical (unpaired) electrons. The quantitative estimate of drug-likeness (QED) is 0.835. The third-order valence-corrected chi connectivity index (χ3v) is 4.32. The molecule has 2 heterocycles. The number of carbonyl (C=O) groups excluding carboxylic acids is 1. The van der Waals surface area contributed by atoms with E-state index in [1.807, 2.05) is 18.2 Å². The Kier molecular flexibility index (Phi) is 3.04. The molecule has 2 aliphatic rings. The second-order valence-corrected chi connectivity index (χ2v) is 5.65. The molecule has 3 unspecified atom stereocenters. The number of amides is 1. The molecule has 18 heavy (non-hydrogen) atoms. The number of halogens is 1. The van der Waals surface area contributed by atoms with Gasteiger partial charge in [-0.15, -0.1) is 11.6 Å². The molecule has 0 aliphatic carbocycles. The fourth-order valence-electron chi connectivity index (χ4n) is 2.75. The molecule has 1 aromatic rings. The lowest BCUT2D eigenvalue weighted by Gasteiger charge is -2.16. The number of fused-ring (bicyclic) bond motifs is 1. The first-order valence-electron chi connectivity index (χ1n) is 6.32. The van der Waals surface area contributed by atoms with Gasteiger partial charge in [0, 0.05) is 11.6 Å². The first kappa shape index (κ1) is 12.0. The Morgan fingerprint density at radius 3 is 3.06 bits per heavy atom. The van der Waals surface area contributed by atoms with Crippen LogP contribution in [0.3, 0.4) is 0 Å². The van der Waals surface area contributed by atoms with Gasteiger partial charge >= 0.3 is 0 Å².